The van der Waals surface area contributed by atoms with Gasteiger partial charge in [-0.15, -0.1) is 0 Å². The summed E-state index contributed by atoms with van der Waals surface area (Å²) in [6.45, 7) is 1.13. The van der Waals surface area contributed by atoms with E-state index in [9.17, 15) is 17.6 Å². The van der Waals surface area contributed by atoms with Crippen molar-refractivity contribution in [2.75, 3.05) is 13.1 Å². The van der Waals surface area contributed by atoms with Crippen LogP contribution in [0.4, 0.5) is 4.39 Å². The molecule has 0 atom stereocenters. The number of pyridine rings is 1. The average Bonchev–Trinajstić information content (AvgIpc) is 3.58. The number of hydrogen-bond acceptors (Lipinski definition) is 4. The highest BCUT2D eigenvalue weighted by Gasteiger charge is 2.38. The lowest BCUT2D eigenvalue weighted by molar-refractivity contribution is -0.138. The molecule has 0 spiro atoms. The van der Waals surface area contributed by atoms with Gasteiger partial charge in [-0.2, -0.15) is 4.31 Å². The number of hydrogen-bond donors (Lipinski definition) is 0. The van der Waals surface area contributed by atoms with Crippen LogP contribution in [-0.2, 0) is 21.4 Å². The molecule has 6 nitrogen and oxygen atoms in total. The first-order valence-electron chi connectivity index (χ1n) is 9.90. The van der Waals surface area contributed by atoms with Crippen LogP contribution in [0.25, 0.3) is 0 Å². The smallest absolute Gasteiger partial charge is 0.243 e. The van der Waals surface area contributed by atoms with Crippen molar-refractivity contribution in [1.82, 2.24) is 14.2 Å². The standard InChI is InChI=1S/C21H24FN3O3S/c22-18-3-7-20(8-4-18)29(27,28)24-12-9-17(10-13-24)21(26)25(19-5-6-19)15-16-2-1-11-23-14-16/h1-4,7-8,11,14,17,19H,5-6,9-10,12-13,15H2. The zero-order valence-corrected chi connectivity index (χ0v) is 16.9. The summed E-state index contributed by atoms with van der Waals surface area (Å²) in [6, 6.07) is 8.97. The number of benzene rings is 1. The van der Waals surface area contributed by atoms with Crippen molar-refractivity contribution >= 4 is 15.9 Å². The van der Waals surface area contributed by atoms with Crippen molar-refractivity contribution in [3.05, 3.63) is 60.2 Å². The summed E-state index contributed by atoms with van der Waals surface area (Å²) in [5.41, 5.74) is 1.00. The van der Waals surface area contributed by atoms with Crippen molar-refractivity contribution in [1.29, 1.82) is 0 Å². The molecule has 2 heterocycles. The maximum Gasteiger partial charge on any atom is 0.243 e. The molecule has 154 valence electrons. The lowest BCUT2D eigenvalue weighted by Gasteiger charge is -2.34. The fourth-order valence-electron chi connectivity index (χ4n) is 3.79. The largest absolute Gasteiger partial charge is 0.335 e. The highest BCUT2D eigenvalue weighted by molar-refractivity contribution is 7.89. The van der Waals surface area contributed by atoms with Crippen molar-refractivity contribution in [3.63, 3.8) is 0 Å². The molecule has 2 fully saturated rings. The van der Waals surface area contributed by atoms with Gasteiger partial charge >= 0.3 is 0 Å². The van der Waals surface area contributed by atoms with E-state index < -0.39 is 15.8 Å². The van der Waals surface area contributed by atoms with Crippen molar-refractivity contribution in [2.45, 2.75) is 43.2 Å². The van der Waals surface area contributed by atoms with E-state index >= 15 is 0 Å². The Morgan fingerprint density at radius 2 is 1.79 bits per heavy atom. The summed E-state index contributed by atoms with van der Waals surface area (Å²) in [7, 11) is -3.67. The van der Waals surface area contributed by atoms with E-state index in [1.165, 1.54) is 16.4 Å². The van der Waals surface area contributed by atoms with Crippen LogP contribution >= 0.6 is 0 Å². The molecular formula is C21H24FN3O3S. The molecule has 0 N–H and O–H groups in total. The molecule has 4 rings (SSSR count). The topological polar surface area (TPSA) is 70.6 Å². The summed E-state index contributed by atoms with van der Waals surface area (Å²) >= 11 is 0. The third-order valence-electron chi connectivity index (χ3n) is 5.60. The lowest BCUT2D eigenvalue weighted by atomic mass is 9.96. The first-order valence-corrected chi connectivity index (χ1v) is 11.3. The molecular weight excluding hydrogens is 393 g/mol. The van der Waals surface area contributed by atoms with E-state index in [4.69, 9.17) is 0 Å². The summed E-state index contributed by atoms with van der Waals surface area (Å²) < 4.78 is 40.0. The van der Waals surface area contributed by atoms with Crippen LogP contribution in [0.3, 0.4) is 0 Å². The zero-order chi connectivity index (χ0) is 20.4. The predicted octanol–water partition coefficient (Wildman–Crippen LogP) is 2.81. The van der Waals surface area contributed by atoms with Crippen LogP contribution in [0.2, 0.25) is 0 Å². The van der Waals surface area contributed by atoms with Crippen LogP contribution in [0, 0.1) is 11.7 Å². The number of aromatic nitrogens is 1. The minimum atomic E-state index is -3.67. The number of amides is 1. The lowest BCUT2D eigenvalue weighted by Crippen LogP contribution is -2.44. The van der Waals surface area contributed by atoms with Crippen LogP contribution in [0.5, 0.6) is 0 Å². The minimum Gasteiger partial charge on any atom is -0.335 e. The van der Waals surface area contributed by atoms with Crippen LogP contribution in [0.15, 0.2) is 53.7 Å². The van der Waals surface area contributed by atoms with Gasteiger partial charge in [-0.25, -0.2) is 12.8 Å². The van der Waals surface area contributed by atoms with Gasteiger partial charge in [-0.05, 0) is 61.6 Å². The number of piperidine rings is 1. The Hall–Kier alpha value is -2.32. The van der Waals surface area contributed by atoms with Gasteiger partial charge in [0.05, 0.1) is 4.90 Å². The monoisotopic (exact) mass is 417 g/mol. The first kappa shape index (κ1) is 20.0. The van der Waals surface area contributed by atoms with Gasteiger partial charge in [0.2, 0.25) is 15.9 Å². The van der Waals surface area contributed by atoms with Crippen LogP contribution < -0.4 is 0 Å². The molecule has 1 aromatic heterocycles. The molecule has 1 aromatic carbocycles. The molecule has 1 aliphatic carbocycles. The Balaban J connectivity index is 1.40. The quantitative estimate of drug-likeness (QED) is 0.725. The van der Waals surface area contributed by atoms with E-state index in [2.05, 4.69) is 4.98 Å². The molecule has 1 aliphatic heterocycles. The molecule has 29 heavy (non-hydrogen) atoms. The van der Waals surface area contributed by atoms with E-state index in [-0.39, 0.29) is 22.8 Å². The number of carbonyl (C=O) groups is 1. The van der Waals surface area contributed by atoms with Crippen molar-refractivity contribution < 1.29 is 17.6 Å². The summed E-state index contributed by atoms with van der Waals surface area (Å²) in [6.07, 6.45) is 6.52. The van der Waals surface area contributed by atoms with Gasteiger partial charge in [0.1, 0.15) is 5.82 Å². The van der Waals surface area contributed by atoms with Gasteiger partial charge in [0.15, 0.2) is 0 Å². The van der Waals surface area contributed by atoms with Crippen LogP contribution in [0.1, 0.15) is 31.2 Å². The number of rotatable bonds is 6. The van der Waals surface area contributed by atoms with Crippen LogP contribution in [-0.4, -0.2) is 47.6 Å². The Morgan fingerprint density at radius 3 is 2.38 bits per heavy atom. The number of nitrogens with zero attached hydrogens (tertiary/aromatic N) is 3. The maximum absolute atomic E-state index is 13.1. The second-order valence-electron chi connectivity index (χ2n) is 7.69. The molecule has 0 radical (unpaired) electrons. The number of carbonyl (C=O) groups excluding carboxylic acids is 1. The molecule has 1 saturated heterocycles. The average molecular weight is 418 g/mol. The molecule has 8 heteroatoms. The third kappa shape index (κ3) is 4.48. The fourth-order valence-corrected chi connectivity index (χ4v) is 5.26. The summed E-state index contributed by atoms with van der Waals surface area (Å²) in [5.74, 6) is -0.538. The van der Waals surface area contributed by atoms with E-state index in [1.807, 2.05) is 17.0 Å². The summed E-state index contributed by atoms with van der Waals surface area (Å²) in [4.78, 5) is 19.3. The van der Waals surface area contributed by atoms with Crippen molar-refractivity contribution in [2.24, 2.45) is 5.92 Å². The van der Waals surface area contributed by atoms with E-state index in [1.54, 1.807) is 12.4 Å². The highest BCUT2D eigenvalue weighted by Crippen LogP contribution is 2.32. The SMILES string of the molecule is O=C(C1CCN(S(=O)(=O)c2ccc(F)cc2)CC1)N(Cc1cccnc1)C1CC1. The molecule has 0 bridgehead atoms. The normalized spacial score (nSPS) is 18.5. The molecule has 2 aromatic rings. The van der Waals surface area contributed by atoms with Gasteiger partial charge in [0.25, 0.3) is 0 Å². The van der Waals surface area contributed by atoms with E-state index in [0.29, 0.717) is 32.5 Å². The predicted molar refractivity (Wildman–Crippen MR) is 106 cm³/mol. The first-order chi connectivity index (χ1) is 13.9. The molecule has 1 saturated carbocycles. The van der Waals surface area contributed by atoms with Gasteiger partial charge in [0, 0.05) is 44.0 Å². The molecule has 0 unspecified atom stereocenters. The molecule has 2 aliphatic rings. The zero-order valence-electron chi connectivity index (χ0n) is 16.1. The van der Waals surface area contributed by atoms with Gasteiger partial charge in [-0.3, -0.25) is 9.78 Å². The fraction of sp³-hybridized carbons (Fsp3) is 0.429. The van der Waals surface area contributed by atoms with Gasteiger partial charge < -0.3 is 4.90 Å². The second-order valence-corrected chi connectivity index (χ2v) is 9.63. The Labute approximate surface area is 170 Å². The maximum atomic E-state index is 13.1. The van der Waals surface area contributed by atoms with E-state index in [0.717, 1.165) is 30.5 Å². The Morgan fingerprint density at radius 1 is 1.10 bits per heavy atom. The molecule has 1 amide bonds. The van der Waals surface area contributed by atoms with Gasteiger partial charge in [-0.1, -0.05) is 6.07 Å². The highest BCUT2D eigenvalue weighted by atomic mass is 32.2. The number of halogens is 1. The third-order valence-corrected chi connectivity index (χ3v) is 7.51. The Kier molecular flexibility index (Phi) is 5.65. The van der Waals surface area contributed by atoms with Crippen molar-refractivity contribution in [3.8, 4) is 0 Å². The number of sulfonamides is 1. The minimum absolute atomic E-state index is 0.0832. The summed E-state index contributed by atoms with van der Waals surface area (Å²) in [5, 5.41) is 0. The Bertz CT molecular complexity index is 954. The second kappa shape index (κ2) is 8.20.